The van der Waals surface area contributed by atoms with Gasteiger partial charge in [-0.2, -0.15) is 0 Å². The van der Waals surface area contributed by atoms with Gasteiger partial charge in [-0.25, -0.2) is 8.42 Å². The highest BCUT2D eigenvalue weighted by molar-refractivity contribution is 7.91. The van der Waals surface area contributed by atoms with Crippen molar-refractivity contribution >= 4 is 21.6 Å². The Morgan fingerprint density at radius 1 is 1.12 bits per heavy atom. The molecule has 0 saturated carbocycles. The van der Waals surface area contributed by atoms with Crippen LogP contribution in [0, 0.1) is 12.8 Å². The number of piperidine rings is 1. The average Bonchev–Trinajstić information content (AvgIpc) is 2.78. The van der Waals surface area contributed by atoms with E-state index in [-0.39, 0.29) is 23.9 Å². The first-order valence-corrected chi connectivity index (χ1v) is 12.6. The van der Waals surface area contributed by atoms with Crippen LogP contribution in [0.5, 0.6) is 0 Å². The molecule has 3 rings (SSSR count). The standard InChI is InChI=1S/C22H32N6O4S/c1-16-7-8-19(26-33(31,32)15-18-5-3-2-4-6-18)21(30)28(16)14-20(29)25-13-17-9-11-27(12-10-17)22(23)24/h2-8,17,22,26H,9-15,23-24H2,1H3,(H,25,29). The minimum absolute atomic E-state index is 0.0881. The lowest BCUT2D eigenvalue weighted by Gasteiger charge is -2.34. The third kappa shape index (κ3) is 7.13. The van der Waals surface area contributed by atoms with Gasteiger partial charge in [0.1, 0.15) is 18.5 Å². The second-order valence-corrected chi connectivity index (χ2v) is 10.1. The first kappa shape index (κ1) is 24.9. The van der Waals surface area contributed by atoms with Crippen LogP contribution in [-0.4, -0.2) is 49.7 Å². The molecule has 1 fully saturated rings. The van der Waals surface area contributed by atoms with Crippen LogP contribution in [0.1, 0.15) is 24.1 Å². The number of carbonyl (C=O) groups excluding carboxylic acids is 1. The molecular formula is C22H32N6O4S. The lowest BCUT2D eigenvalue weighted by molar-refractivity contribution is -0.122. The molecule has 2 aromatic rings. The summed E-state index contributed by atoms with van der Waals surface area (Å²) in [6, 6.07) is 11.7. The number of likely N-dealkylation sites (tertiary alicyclic amines) is 1. The van der Waals surface area contributed by atoms with Crippen molar-refractivity contribution in [2.24, 2.45) is 17.4 Å². The highest BCUT2D eigenvalue weighted by Crippen LogP contribution is 2.16. The number of anilines is 1. The van der Waals surface area contributed by atoms with Gasteiger partial charge in [0.2, 0.25) is 15.9 Å². The summed E-state index contributed by atoms with van der Waals surface area (Å²) in [7, 11) is -3.79. The van der Waals surface area contributed by atoms with Crippen molar-refractivity contribution in [3.8, 4) is 0 Å². The van der Waals surface area contributed by atoms with Crippen molar-refractivity contribution in [2.75, 3.05) is 24.4 Å². The maximum Gasteiger partial charge on any atom is 0.275 e. The predicted octanol–water partition coefficient (Wildman–Crippen LogP) is 0.128. The molecule has 1 amide bonds. The Morgan fingerprint density at radius 2 is 1.79 bits per heavy atom. The Labute approximate surface area is 194 Å². The quantitative estimate of drug-likeness (QED) is 0.375. The maximum atomic E-state index is 12.9. The zero-order valence-corrected chi connectivity index (χ0v) is 19.6. The first-order chi connectivity index (χ1) is 15.6. The van der Waals surface area contributed by atoms with Crippen molar-refractivity contribution in [3.63, 3.8) is 0 Å². The summed E-state index contributed by atoms with van der Waals surface area (Å²) < 4.78 is 28.7. The average molecular weight is 477 g/mol. The van der Waals surface area contributed by atoms with E-state index in [4.69, 9.17) is 11.5 Å². The normalized spacial score (nSPS) is 15.5. The number of sulfonamides is 1. The fraction of sp³-hybridized carbons (Fsp3) is 0.455. The first-order valence-electron chi connectivity index (χ1n) is 10.9. The molecule has 33 heavy (non-hydrogen) atoms. The van der Waals surface area contributed by atoms with Gasteiger partial charge >= 0.3 is 0 Å². The molecule has 1 aliphatic rings. The van der Waals surface area contributed by atoms with Gasteiger partial charge < -0.3 is 21.4 Å². The van der Waals surface area contributed by atoms with Gasteiger partial charge in [0.05, 0.1) is 5.75 Å². The van der Waals surface area contributed by atoms with Crippen molar-refractivity contribution < 1.29 is 13.2 Å². The smallest absolute Gasteiger partial charge is 0.275 e. The fourth-order valence-corrected chi connectivity index (χ4v) is 5.05. The summed E-state index contributed by atoms with van der Waals surface area (Å²) in [6.45, 7) is 3.57. The highest BCUT2D eigenvalue weighted by atomic mass is 32.2. The van der Waals surface area contributed by atoms with Crippen molar-refractivity contribution in [1.82, 2.24) is 14.8 Å². The fourth-order valence-electron chi connectivity index (χ4n) is 3.86. The zero-order chi connectivity index (χ0) is 24.0. The zero-order valence-electron chi connectivity index (χ0n) is 18.7. The number of aromatic nitrogens is 1. The molecule has 6 N–H and O–H groups in total. The van der Waals surface area contributed by atoms with Gasteiger partial charge in [0, 0.05) is 25.3 Å². The van der Waals surface area contributed by atoms with E-state index < -0.39 is 21.9 Å². The van der Waals surface area contributed by atoms with Crippen molar-refractivity contribution in [3.05, 3.63) is 64.1 Å². The molecule has 11 heteroatoms. The summed E-state index contributed by atoms with van der Waals surface area (Å²) in [4.78, 5) is 27.4. The second kappa shape index (κ2) is 10.9. The minimum atomic E-state index is -3.79. The number of pyridine rings is 1. The summed E-state index contributed by atoms with van der Waals surface area (Å²) in [6.07, 6.45) is 1.29. The minimum Gasteiger partial charge on any atom is -0.354 e. The third-order valence-corrected chi connectivity index (χ3v) is 7.06. The van der Waals surface area contributed by atoms with Crippen molar-refractivity contribution in [2.45, 2.75) is 38.4 Å². The van der Waals surface area contributed by atoms with Crippen LogP contribution in [0.3, 0.4) is 0 Å². The number of hydrogen-bond acceptors (Lipinski definition) is 7. The van der Waals surface area contributed by atoms with Crippen LogP contribution in [0.15, 0.2) is 47.3 Å². The molecule has 0 unspecified atom stereocenters. The van der Waals surface area contributed by atoms with Gasteiger partial charge in [-0.1, -0.05) is 30.3 Å². The number of carbonyl (C=O) groups is 1. The van der Waals surface area contributed by atoms with Crippen molar-refractivity contribution in [1.29, 1.82) is 0 Å². The lowest BCUT2D eigenvalue weighted by atomic mass is 9.97. The molecule has 10 nitrogen and oxygen atoms in total. The molecule has 180 valence electrons. The van der Waals surface area contributed by atoms with E-state index in [9.17, 15) is 18.0 Å². The van der Waals surface area contributed by atoms with E-state index in [0.29, 0.717) is 23.7 Å². The Morgan fingerprint density at radius 3 is 2.42 bits per heavy atom. The summed E-state index contributed by atoms with van der Waals surface area (Å²) in [5.74, 6) is -0.240. The molecule has 1 aliphatic heterocycles. The van der Waals surface area contributed by atoms with Gasteiger partial charge in [-0.15, -0.1) is 0 Å². The Bertz CT molecular complexity index is 1110. The molecule has 0 spiro atoms. The molecule has 0 aliphatic carbocycles. The van der Waals surface area contributed by atoms with Gasteiger partial charge in [-0.05, 0) is 43.4 Å². The monoisotopic (exact) mass is 476 g/mol. The van der Waals surface area contributed by atoms with E-state index in [1.807, 2.05) is 4.90 Å². The summed E-state index contributed by atoms with van der Waals surface area (Å²) in [5.41, 5.74) is 11.9. The van der Waals surface area contributed by atoms with E-state index in [1.54, 1.807) is 43.3 Å². The number of nitrogens with zero attached hydrogens (tertiary/aromatic N) is 2. The molecule has 2 heterocycles. The molecular weight excluding hydrogens is 444 g/mol. The van der Waals surface area contributed by atoms with E-state index in [2.05, 4.69) is 10.0 Å². The van der Waals surface area contributed by atoms with Crippen LogP contribution < -0.4 is 27.1 Å². The Hall–Kier alpha value is -2.73. The molecule has 1 saturated heterocycles. The molecule has 1 aromatic heterocycles. The number of hydrogen-bond donors (Lipinski definition) is 4. The summed E-state index contributed by atoms with van der Waals surface area (Å²) >= 11 is 0. The van der Waals surface area contributed by atoms with Gasteiger partial charge in [0.25, 0.3) is 5.56 Å². The highest BCUT2D eigenvalue weighted by Gasteiger charge is 2.22. The topological polar surface area (TPSA) is 153 Å². The molecule has 0 radical (unpaired) electrons. The number of rotatable bonds is 9. The third-order valence-electron chi connectivity index (χ3n) is 5.82. The second-order valence-electron chi connectivity index (χ2n) is 8.40. The maximum absolute atomic E-state index is 12.9. The van der Waals surface area contributed by atoms with E-state index >= 15 is 0 Å². The molecule has 0 bridgehead atoms. The van der Waals surface area contributed by atoms with Crippen LogP contribution >= 0.6 is 0 Å². The number of aryl methyl sites for hydroxylation is 1. The largest absolute Gasteiger partial charge is 0.354 e. The predicted molar refractivity (Wildman–Crippen MR) is 128 cm³/mol. The number of benzene rings is 1. The summed E-state index contributed by atoms with van der Waals surface area (Å²) in [5, 5.41) is 2.88. The molecule has 1 aromatic carbocycles. The number of nitrogens with one attached hydrogen (secondary N) is 2. The van der Waals surface area contributed by atoms with E-state index in [1.165, 1.54) is 10.6 Å². The van der Waals surface area contributed by atoms with Gasteiger partial charge in [0.15, 0.2) is 0 Å². The van der Waals surface area contributed by atoms with Crippen LogP contribution in [-0.2, 0) is 27.1 Å². The Balaban J connectivity index is 1.60. The SMILES string of the molecule is Cc1ccc(NS(=O)(=O)Cc2ccccc2)c(=O)n1CC(=O)NCC1CCN(C(N)N)CC1. The number of amides is 1. The van der Waals surface area contributed by atoms with Crippen LogP contribution in [0.4, 0.5) is 5.69 Å². The van der Waals surface area contributed by atoms with E-state index in [0.717, 1.165) is 25.9 Å². The Kier molecular flexibility index (Phi) is 8.25. The lowest BCUT2D eigenvalue weighted by Crippen LogP contribution is -2.52. The van der Waals surface area contributed by atoms with Crippen LogP contribution in [0.25, 0.3) is 0 Å². The van der Waals surface area contributed by atoms with Gasteiger partial charge in [-0.3, -0.25) is 19.2 Å². The molecule has 0 atom stereocenters. The van der Waals surface area contributed by atoms with Crippen LogP contribution in [0.2, 0.25) is 0 Å². The number of nitrogens with two attached hydrogens (primary N) is 2.